The Morgan fingerprint density at radius 3 is 2.38 bits per heavy atom. The number of carbonyl (C=O) groups excluding carboxylic acids is 3. The van der Waals surface area contributed by atoms with Crippen molar-refractivity contribution in [3.63, 3.8) is 0 Å². The molecule has 48 heavy (non-hydrogen) atoms. The van der Waals surface area contributed by atoms with Crippen LogP contribution in [0.3, 0.4) is 0 Å². The molecule has 11 nitrogen and oxygen atoms in total. The molecular weight excluding hydrogens is 612 g/mol. The van der Waals surface area contributed by atoms with Gasteiger partial charge >= 0.3 is 6.03 Å². The third-order valence-electron chi connectivity index (χ3n) is 9.44. The van der Waals surface area contributed by atoms with Crippen molar-refractivity contribution in [2.75, 3.05) is 51.1 Å². The number of carbonyl (C=O) groups is 3. The standard InChI is InChI=1S/C37H54N4O7/c1-25-22-41(26(2)24-42)36(44)32-21-30(38-35(43)28-12-7-6-8-13-28)16-19-33(32)48-27(3)11-9-10-20-47-34(25)23-40(4)37(45)39-29-14-17-31(46-5)18-15-29/h14-19,21,25-28,34,42H,6-13,20,22-24H2,1-5H3,(H,38,43)(H,39,45)/t25-,26-,27+,34+/m1/s1. The fourth-order valence-electron chi connectivity index (χ4n) is 6.32. The summed E-state index contributed by atoms with van der Waals surface area (Å²) >= 11 is 0. The van der Waals surface area contributed by atoms with Gasteiger partial charge in [-0.05, 0) is 88.4 Å². The summed E-state index contributed by atoms with van der Waals surface area (Å²) in [5.41, 5.74) is 1.53. The van der Waals surface area contributed by atoms with E-state index in [-0.39, 0.29) is 55.0 Å². The molecular formula is C37H54N4O7. The number of ether oxygens (including phenoxy) is 3. The second-order valence-electron chi connectivity index (χ2n) is 13.4. The first-order valence-electron chi connectivity index (χ1n) is 17.4. The van der Waals surface area contributed by atoms with Crippen molar-refractivity contribution in [2.45, 2.75) is 90.4 Å². The fourth-order valence-corrected chi connectivity index (χ4v) is 6.32. The van der Waals surface area contributed by atoms with E-state index in [1.165, 1.54) is 0 Å². The Morgan fingerprint density at radius 2 is 1.69 bits per heavy atom. The number of nitrogens with one attached hydrogen (secondary N) is 2. The number of aliphatic hydroxyl groups is 1. The number of methoxy groups -OCH3 is 1. The maximum atomic E-state index is 14.4. The summed E-state index contributed by atoms with van der Waals surface area (Å²) in [5, 5.41) is 16.2. The number of nitrogens with zero attached hydrogens (tertiary/aromatic N) is 2. The highest BCUT2D eigenvalue weighted by atomic mass is 16.5. The summed E-state index contributed by atoms with van der Waals surface area (Å²) in [6.07, 6.45) is 6.90. The number of benzene rings is 2. The first kappa shape index (κ1) is 37.0. The van der Waals surface area contributed by atoms with Gasteiger partial charge in [-0.15, -0.1) is 0 Å². The molecule has 2 aliphatic rings. The molecule has 0 radical (unpaired) electrons. The highest BCUT2D eigenvalue weighted by molar-refractivity contribution is 6.00. The monoisotopic (exact) mass is 666 g/mol. The fraction of sp³-hybridized carbons (Fsp3) is 0.595. The van der Waals surface area contributed by atoms with Crippen molar-refractivity contribution in [1.82, 2.24) is 9.80 Å². The summed E-state index contributed by atoms with van der Waals surface area (Å²) in [5.74, 6) is 0.598. The van der Waals surface area contributed by atoms with E-state index >= 15 is 0 Å². The molecule has 0 saturated heterocycles. The normalized spacial score (nSPS) is 22.0. The van der Waals surface area contributed by atoms with Crippen LogP contribution in [0, 0.1) is 11.8 Å². The minimum absolute atomic E-state index is 0.0216. The molecule has 2 aromatic rings. The largest absolute Gasteiger partial charge is 0.497 e. The first-order chi connectivity index (χ1) is 23.1. The number of likely N-dealkylation sites (N-methyl/N-ethyl adjacent to an activating group) is 1. The Labute approximate surface area is 285 Å². The van der Waals surface area contributed by atoms with Crippen LogP contribution in [-0.4, -0.2) is 91.5 Å². The molecule has 264 valence electrons. The summed E-state index contributed by atoms with van der Waals surface area (Å²) in [4.78, 5) is 43.8. The molecule has 4 rings (SSSR count). The second-order valence-corrected chi connectivity index (χ2v) is 13.4. The van der Waals surface area contributed by atoms with Crippen LogP contribution in [0.4, 0.5) is 16.2 Å². The smallest absolute Gasteiger partial charge is 0.321 e. The van der Waals surface area contributed by atoms with Crippen LogP contribution in [0.25, 0.3) is 0 Å². The second kappa shape index (κ2) is 18.1. The lowest BCUT2D eigenvalue weighted by Crippen LogP contribution is -2.48. The molecule has 1 fully saturated rings. The third-order valence-corrected chi connectivity index (χ3v) is 9.44. The van der Waals surface area contributed by atoms with E-state index in [1.807, 2.05) is 13.8 Å². The van der Waals surface area contributed by atoms with Crippen molar-refractivity contribution in [2.24, 2.45) is 11.8 Å². The van der Waals surface area contributed by atoms with Gasteiger partial charge in [-0.2, -0.15) is 0 Å². The molecule has 1 heterocycles. The van der Waals surface area contributed by atoms with Gasteiger partial charge in [-0.1, -0.05) is 26.2 Å². The molecule has 0 unspecified atom stereocenters. The predicted octanol–water partition coefficient (Wildman–Crippen LogP) is 6.17. The van der Waals surface area contributed by atoms with Crippen molar-refractivity contribution in [1.29, 1.82) is 0 Å². The lowest BCUT2D eigenvalue weighted by atomic mass is 9.88. The van der Waals surface area contributed by atoms with Gasteiger partial charge < -0.3 is 39.8 Å². The summed E-state index contributed by atoms with van der Waals surface area (Å²) in [6, 6.07) is 11.6. The molecule has 0 aromatic heterocycles. The van der Waals surface area contributed by atoms with E-state index in [9.17, 15) is 19.5 Å². The maximum absolute atomic E-state index is 14.4. The highest BCUT2D eigenvalue weighted by Gasteiger charge is 2.31. The van der Waals surface area contributed by atoms with Crippen LogP contribution >= 0.6 is 0 Å². The Morgan fingerprint density at radius 1 is 1.00 bits per heavy atom. The quantitative estimate of drug-likeness (QED) is 0.307. The predicted molar refractivity (Wildman–Crippen MR) is 187 cm³/mol. The van der Waals surface area contributed by atoms with Gasteiger partial charge in [0.2, 0.25) is 5.91 Å². The molecule has 0 spiro atoms. The number of urea groups is 1. The minimum atomic E-state index is -0.504. The van der Waals surface area contributed by atoms with E-state index in [0.717, 1.165) is 51.4 Å². The van der Waals surface area contributed by atoms with E-state index in [1.54, 1.807) is 73.3 Å². The lowest BCUT2D eigenvalue weighted by molar-refractivity contribution is -0.120. The zero-order valence-corrected chi connectivity index (χ0v) is 29.2. The minimum Gasteiger partial charge on any atom is -0.497 e. The third kappa shape index (κ3) is 10.3. The van der Waals surface area contributed by atoms with Crippen molar-refractivity contribution < 1.29 is 33.7 Å². The van der Waals surface area contributed by atoms with Gasteiger partial charge in [0.15, 0.2) is 0 Å². The van der Waals surface area contributed by atoms with Gasteiger partial charge in [0.1, 0.15) is 11.5 Å². The number of anilines is 2. The van der Waals surface area contributed by atoms with Gasteiger partial charge in [0.25, 0.3) is 5.91 Å². The molecule has 1 saturated carbocycles. The molecule has 2 aromatic carbocycles. The molecule has 3 N–H and O–H groups in total. The molecule has 4 amide bonds. The average Bonchev–Trinajstić information content (AvgIpc) is 3.10. The molecule has 0 bridgehead atoms. The van der Waals surface area contributed by atoms with Crippen LogP contribution in [0.5, 0.6) is 11.5 Å². The van der Waals surface area contributed by atoms with E-state index < -0.39 is 6.04 Å². The Balaban J connectivity index is 1.56. The number of hydrogen-bond acceptors (Lipinski definition) is 7. The zero-order chi connectivity index (χ0) is 34.6. The lowest BCUT2D eigenvalue weighted by Gasteiger charge is -2.35. The highest BCUT2D eigenvalue weighted by Crippen LogP contribution is 2.30. The zero-order valence-electron chi connectivity index (χ0n) is 29.2. The molecule has 1 aliphatic carbocycles. The number of aliphatic hydroxyl groups excluding tert-OH is 1. The Bertz CT molecular complexity index is 1350. The molecule has 1 aliphatic heterocycles. The van der Waals surface area contributed by atoms with E-state index in [0.29, 0.717) is 41.6 Å². The number of hydrogen-bond donors (Lipinski definition) is 3. The van der Waals surface area contributed by atoms with Crippen molar-refractivity contribution in [3.8, 4) is 11.5 Å². The van der Waals surface area contributed by atoms with E-state index in [4.69, 9.17) is 14.2 Å². The number of amides is 4. The van der Waals surface area contributed by atoms with Crippen molar-refractivity contribution in [3.05, 3.63) is 48.0 Å². The van der Waals surface area contributed by atoms with Crippen LogP contribution < -0.4 is 20.1 Å². The summed E-state index contributed by atoms with van der Waals surface area (Å²) in [7, 11) is 3.31. The summed E-state index contributed by atoms with van der Waals surface area (Å²) in [6.45, 7) is 6.61. The SMILES string of the molecule is COc1ccc(NC(=O)N(C)C[C@@H]2OCCCC[C@H](C)Oc3ccc(NC(=O)C4CCCCC4)cc3C(=O)N([C@H](C)CO)C[C@H]2C)cc1. The molecule has 11 heteroatoms. The maximum Gasteiger partial charge on any atom is 0.321 e. The van der Waals surface area contributed by atoms with E-state index in [2.05, 4.69) is 10.6 Å². The average molecular weight is 667 g/mol. The van der Waals surface area contributed by atoms with Gasteiger partial charge in [-0.25, -0.2) is 4.79 Å². The van der Waals surface area contributed by atoms with Gasteiger partial charge in [0, 0.05) is 50.0 Å². The van der Waals surface area contributed by atoms with Crippen LogP contribution in [0.2, 0.25) is 0 Å². The van der Waals surface area contributed by atoms with Crippen LogP contribution in [0.1, 0.15) is 82.5 Å². The summed E-state index contributed by atoms with van der Waals surface area (Å²) < 4.78 is 17.9. The molecule has 4 atom stereocenters. The number of fused-ring (bicyclic) bond motifs is 1. The first-order valence-corrected chi connectivity index (χ1v) is 17.4. The van der Waals surface area contributed by atoms with Gasteiger partial charge in [-0.3, -0.25) is 9.59 Å². The Hall–Kier alpha value is -3.83. The van der Waals surface area contributed by atoms with Crippen LogP contribution in [-0.2, 0) is 9.53 Å². The topological polar surface area (TPSA) is 130 Å². The Kier molecular flexibility index (Phi) is 13.9. The van der Waals surface area contributed by atoms with Gasteiger partial charge in [0.05, 0.1) is 37.5 Å². The van der Waals surface area contributed by atoms with Crippen molar-refractivity contribution >= 4 is 29.2 Å². The van der Waals surface area contributed by atoms with Crippen LogP contribution in [0.15, 0.2) is 42.5 Å². The number of rotatable bonds is 8.